The van der Waals surface area contributed by atoms with Crippen molar-refractivity contribution < 1.29 is 9.53 Å². The molecule has 0 radical (unpaired) electrons. The molecule has 2 nitrogen and oxygen atoms in total. The lowest BCUT2D eigenvalue weighted by molar-refractivity contribution is -0.155. The van der Waals surface area contributed by atoms with Gasteiger partial charge in [0.2, 0.25) is 0 Å². The second-order valence-electron chi connectivity index (χ2n) is 4.97. The van der Waals surface area contributed by atoms with Crippen molar-refractivity contribution in [3.63, 3.8) is 0 Å². The van der Waals surface area contributed by atoms with Crippen LogP contribution in [0.4, 0.5) is 0 Å². The quantitative estimate of drug-likeness (QED) is 0.518. The van der Waals surface area contributed by atoms with Crippen LogP contribution in [0, 0.1) is 5.92 Å². The Morgan fingerprint density at radius 1 is 1.40 bits per heavy atom. The van der Waals surface area contributed by atoms with Gasteiger partial charge in [0.05, 0.1) is 0 Å². The van der Waals surface area contributed by atoms with E-state index in [2.05, 4.69) is 13.8 Å². The molecule has 0 bridgehead atoms. The van der Waals surface area contributed by atoms with E-state index in [0.717, 1.165) is 5.75 Å². The molecular weight excluding hydrogens is 208 g/mol. The van der Waals surface area contributed by atoms with E-state index in [-0.39, 0.29) is 11.6 Å². The van der Waals surface area contributed by atoms with E-state index in [1.54, 1.807) is 0 Å². The average molecular weight is 232 g/mol. The first kappa shape index (κ1) is 14.8. The molecule has 0 fully saturated rings. The highest BCUT2D eigenvalue weighted by Gasteiger charge is 2.18. The van der Waals surface area contributed by atoms with Gasteiger partial charge >= 0.3 is 5.97 Å². The number of hydrogen-bond donors (Lipinski definition) is 0. The fourth-order valence-corrected chi connectivity index (χ4v) is 2.13. The van der Waals surface area contributed by atoms with Crippen molar-refractivity contribution in [3.8, 4) is 0 Å². The molecular formula is C12H24O2S. The maximum Gasteiger partial charge on any atom is 0.306 e. The zero-order chi connectivity index (χ0) is 11.9. The average Bonchev–Trinajstić information content (AvgIpc) is 2.00. The van der Waals surface area contributed by atoms with Gasteiger partial charge in [-0.1, -0.05) is 13.8 Å². The highest BCUT2D eigenvalue weighted by Crippen LogP contribution is 2.15. The first-order chi connectivity index (χ1) is 6.85. The molecule has 0 aliphatic carbocycles. The second-order valence-corrected chi connectivity index (χ2v) is 6.12. The lowest BCUT2D eigenvalue weighted by atomic mass is 10.1. The van der Waals surface area contributed by atoms with Crippen molar-refractivity contribution in [1.29, 1.82) is 0 Å². The van der Waals surface area contributed by atoms with Crippen LogP contribution in [0.15, 0.2) is 0 Å². The minimum absolute atomic E-state index is 0.0768. The Hall–Kier alpha value is -0.180. The van der Waals surface area contributed by atoms with E-state index >= 15 is 0 Å². The normalized spacial score (nSPS) is 13.7. The standard InChI is InChI=1S/C12H24O2S/c1-6-7-15-9-10(2)8-11(13)14-12(3,4)5/h10H,6-9H2,1-5H3/t10-/m0/s1. The molecule has 0 saturated heterocycles. The lowest BCUT2D eigenvalue weighted by Crippen LogP contribution is -2.25. The largest absolute Gasteiger partial charge is 0.460 e. The van der Waals surface area contributed by atoms with Crippen LogP contribution in [0.25, 0.3) is 0 Å². The highest BCUT2D eigenvalue weighted by molar-refractivity contribution is 7.99. The summed E-state index contributed by atoms with van der Waals surface area (Å²) >= 11 is 1.91. The molecule has 0 aromatic heterocycles. The van der Waals surface area contributed by atoms with Gasteiger partial charge in [0.15, 0.2) is 0 Å². The van der Waals surface area contributed by atoms with E-state index in [0.29, 0.717) is 12.3 Å². The monoisotopic (exact) mass is 232 g/mol. The van der Waals surface area contributed by atoms with Crippen LogP contribution in [0.5, 0.6) is 0 Å². The molecule has 0 aromatic carbocycles. The van der Waals surface area contributed by atoms with E-state index in [1.165, 1.54) is 12.2 Å². The third-order valence-corrected chi connectivity index (χ3v) is 3.19. The summed E-state index contributed by atoms with van der Waals surface area (Å²) in [6.45, 7) is 9.99. The number of ether oxygens (including phenoxy) is 1. The molecule has 0 aromatic rings. The van der Waals surface area contributed by atoms with Crippen LogP contribution in [0.1, 0.15) is 47.5 Å². The Labute approximate surface area is 98.2 Å². The summed E-state index contributed by atoms with van der Waals surface area (Å²) in [5.41, 5.74) is -0.354. The number of carbonyl (C=O) groups excluding carboxylic acids is 1. The molecule has 0 N–H and O–H groups in total. The summed E-state index contributed by atoms with van der Waals surface area (Å²) < 4.78 is 5.27. The Morgan fingerprint density at radius 3 is 2.47 bits per heavy atom. The minimum Gasteiger partial charge on any atom is -0.460 e. The highest BCUT2D eigenvalue weighted by atomic mass is 32.2. The van der Waals surface area contributed by atoms with Gasteiger partial charge in [-0.05, 0) is 44.6 Å². The summed E-state index contributed by atoms with van der Waals surface area (Å²) in [6, 6.07) is 0. The summed E-state index contributed by atoms with van der Waals surface area (Å²) in [4.78, 5) is 11.5. The minimum atomic E-state index is -0.354. The molecule has 0 unspecified atom stereocenters. The smallest absolute Gasteiger partial charge is 0.306 e. The van der Waals surface area contributed by atoms with E-state index in [1.807, 2.05) is 32.5 Å². The fraction of sp³-hybridized carbons (Fsp3) is 0.917. The number of esters is 1. The van der Waals surface area contributed by atoms with Crippen molar-refractivity contribution in [2.75, 3.05) is 11.5 Å². The maximum atomic E-state index is 11.5. The molecule has 3 heteroatoms. The molecule has 1 atom stereocenters. The zero-order valence-corrected chi connectivity index (χ0v) is 11.4. The molecule has 0 spiro atoms. The zero-order valence-electron chi connectivity index (χ0n) is 10.6. The first-order valence-electron chi connectivity index (χ1n) is 5.64. The van der Waals surface area contributed by atoms with Gasteiger partial charge in [-0.15, -0.1) is 0 Å². The molecule has 0 amide bonds. The molecule has 0 aliphatic rings. The van der Waals surface area contributed by atoms with Crippen molar-refractivity contribution in [2.24, 2.45) is 5.92 Å². The van der Waals surface area contributed by atoms with Crippen LogP contribution in [-0.2, 0) is 9.53 Å². The van der Waals surface area contributed by atoms with Crippen LogP contribution in [0.3, 0.4) is 0 Å². The predicted molar refractivity (Wildman–Crippen MR) is 67.2 cm³/mol. The molecule has 0 saturated carbocycles. The third-order valence-electron chi connectivity index (χ3n) is 1.69. The maximum absolute atomic E-state index is 11.5. The third kappa shape index (κ3) is 10.1. The SMILES string of the molecule is CCCSC[C@@H](C)CC(=O)OC(C)(C)C. The van der Waals surface area contributed by atoms with Gasteiger partial charge in [-0.2, -0.15) is 11.8 Å². The van der Waals surface area contributed by atoms with Crippen molar-refractivity contribution in [3.05, 3.63) is 0 Å². The van der Waals surface area contributed by atoms with Gasteiger partial charge in [0.25, 0.3) is 0 Å². The fourth-order valence-electron chi connectivity index (χ4n) is 1.16. The number of hydrogen-bond acceptors (Lipinski definition) is 3. The second kappa shape index (κ2) is 7.15. The Morgan fingerprint density at radius 2 is 2.00 bits per heavy atom. The lowest BCUT2D eigenvalue weighted by Gasteiger charge is -2.20. The Balaban J connectivity index is 3.67. The van der Waals surface area contributed by atoms with E-state index in [4.69, 9.17) is 4.74 Å². The van der Waals surface area contributed by atoms with Crippen molar-refractivity contribution >= 4 is 17.7 Å². The van der Waals surface area contributed by atoms with Gasteiger partial charge < -0.3 is 4.74 Å². The Bertz CT molecular complexity index is 185. The van der Waals surface area contributed by atoms with E-state index in [9.17, 15) is 4.79 Å². The van der Waals surface area contributed by atoms with Gasteiger partial charge in [0, 0.05) is 6.42 Å². The molecule has 90 valence electrons. The molecule has 15 heavy (non-hydrogen) atoms. The molecule has 0 rings (SSSR count). The van der Waals surface area contributed by atoms with Gasteiger partial charge in [-0.3, -0.25) is 4.79 Å². The number of thioether (sulfide) groups is 1. The topological polar surface area (TPSA) is 26.3 Å². The predicted octanol–water partition coefficient (Wildman–Crippen LogP) is 3.50. The summed E-state index contributed by atoms with van der Waals surface area (Å²) in [5.74, 6) is 2.56. The van der Waals surface area contributed by atoms with Crippen LogP contribution in [-0.4, -0.2) is 23.1 Å². The summed E-state index contributed by atoms with van der Waals surface area (Å²) in [5, 5.41) is 0. The van der Waals surface area contributed by atoms with Crippen molar-refractivity contribution in [1.82, 2.24) is 0 Å². The molecule has 0 heterocycles. The number of rotatable bonds is 6. The molecule has 0 aliphatic heterocycles. The van der Waals surface area contributed by atoms with Gasteiger partial charge in [-0.25, -0.2) is 0 Å². The van der Waals surface area contributed by atoms with Crippen molar-refractivity contribution in [2.45, 2.75) is 53.1 Å². The van der Waals surface area contributed by atoms with E-state index < -0.39 is 0 Å². The summed E-state index contributed by atoms with van der Waals surface area (Å²) in [7, 11) is 0. The van der Waals surface area contributed by atoms with Gasteiger partial charge in [0.1, 0.15) is 5.60 Å². The number of carbonyl (C=O) groups is 1. The van der Waals surface area contributed by atoms with Crippen LogP contribution >= 0.6 is 11.8 Å². The van der Waals surface area contributed by atoms with Crippen LogP contribution in [0.2, 0.25) is 0 Å². The van der Waals surface area contributed by atoms with Crippen LogP contribution < -0.4 is 0 Å². The summed E-state index contributed by atoms with van der Waals surface area (Å²) in [6.07, 6.45) is 1.73. The first-order valence-corrected chi connectivity index (χ1v) is 6.80. The Kier molecular flexibility index (Phi) is 7.07.